The number of anilines is 1. The van der Waals surface area contributed by atoms with Gasteiger partial charge in [-0.15, -0.1) is 0 Å². The lowest BCUT2D eigenvalue weighted by Gasteiger charge is -2.09. The second-order valence-corrected chi connectivity index (χ2v) is 5.38. The van der Waals surface area contributed by atoms with E-state index in [1.54, 1.807) is 12.1 Å². The number of rotatable bonds is 7. The van der Waals surface area contributed by atoms with Crippen molar-refractivity contribution in [3.05, 3.63) is 75.8 Å². The van der Waals surface area contributed by atoms with Crippen molar-refractivity contribution in [2.75, 3.05) is 19.0 Å². The fourth-order valence-corrected chi connectivity index (χ4v) is 2.12. The zero-order valence-corrected chi connectivity index (χ0v) is 14.8. The highest BCUT2D eigenvalue weighted by atomic mass is 16.6. The third-order valence-electron chi connectivity index (χ3n) is 3.47. The summed E-state index contributed by atoms with van der Waals surface area (Å²) in [5.74, 6) is -2.01. The molecule has 0 spiro atoms. The molecule has 0 atom stereocenters. The van der Waals surface area contributed by atoms with Gasteiger partial charge in [0.15, 0.2) is 6.61 Å². The van der Waals surface area contributed by atoms with E-state index >= 15 is 0 Å². The molecule has 9 heteroatoms. The van der Waals surface area contributed by atoms with E-state index in [4.69, 9.17) is 4.74 Å². The lowest BCUT2D eigenvalue weighted by atomic mass is 10.2. The van der Waals surface area contributed by atoms with E-state index in [1.165, 1.54) is 49.6 Å². The topological polar surface area (TPSA) is 125 Å². The second-order valence-electron chi connectivity index (χ2n) is 5.38. The van der Waals surface area contributed by atoms with Crippen LogP contribution in [0.4, 0.5) is 11.4 Å². The van der Waals surface area contributed by atoms with Gasteiger partial charge in [-0.05, 0) is 35.9 Å². The first-order valence-corrected chi connectivity index (χ1v) is 7.97. The van der Waals surface area contributed by atoms with Gasteiger partial charge in [0.1, 0.15) is 0 Å². The van der Waals surface area contributed by atoms with Gasteiger partial charge in [0.05, 0.1) is 23.3 Å². The molecule has 0 unspecified atom stereocenters. The summed E-state index contributed by atoms with van der Waals surface area (Å²) in [6, 6.07) is 11.8. The van der Waals surface area contributed by atoms with E-state index < -0.39 is 29.4 Å². The summed E-state index contributed by atoms with van der Waals surface area (Å²) in [7, 11) is 1.22. The standard InChI is InChI=1S/C19H16N2O7/c1-27-19(24)15-4-2-3-5-16(15)20-17(22)12-28-18(23)11-8-13-6-9-14(10-7-13)21(25)26/h2-11H,12H2,1H3,(H,20,22)/b11-8+. The van der Waals surface area contributed by atoms with Crippen LogP contribution in [0.5, 0.6) is 0 Å². The van der Waals surface area contributed by atoms with E-state index in [-0.39, 0.29) is 16.9 Å². The molecule has 0 aromatic heterocycles. The predicted octanol–water partition coefficient (Wildman–Crippen LogP) is 2.58. The van der Waals surface area contributed by atoms with E-state index in [9.17, 15) is 24.5 Å². The number of carbonyl (C=O) groups excluding carboxylic acids is 3. The van der Waals surface area contributed by atoms with Crippen molar-refractivity contribution in [3.8, 4) is 0 Å². The fourth-order valence-electron chi connectivity index (χ4n) is 2.12. The normalized spacial score (nSPS) is 10.3. The number of nitrogens with zero attached hydrogens (tertiary/aromatic N) is 1. The third-order valence-corrected chi connectivity index (χ3v) is 3.47. The van der Waals surface area contributed by atoms with Crippen LogP contribution in [-0.4, -0.2) is 36.5 Å². The van der Waals surface area contributed by atoms with Gasteiger partial charge in [-0.1, -0.05) is 12.1 Å². The number of hydrogen-bond acceptors (Lipinski definition) is 7. The molecule has 2 aromatic rings. The third kappa shape index (κ3) is 5.77. The van der Waals surface area contributed by atoms with Gasteiger partial charge < -0.3 is 14.8 Å². The maximum absolute atomic E-state index is 11.9. The number of non-ortho nitro benzene ring substituents is 1. The van der Waals surface area contributed by atoms with Gasteiger partial charge in [-0.25, -0.2) is 9.59 Å². The fraction of sp³-hybridized carbons (Fsp3) is 0.105. The number of ether oxygens (including phenoxy) is 2. The minimum absolute atomic E-state index is 0.0661. The predicted molar refractivity (Wildman–Crippen MR) is 99.5 cm³/mol. The van der Waals surface area contributed by atoms with E-state index in [1.807, 2.05) is 0 Å². The van der Waals surface area contributed by atoms with Crippen LogP contribution < -0.4 is 5.32 Å². The van der Waals surface area contributed by atoms with Crippen molar-refractivity contribution in [3.63, 3.8) is 0 Å². The highest BCUT2D eigenvalue weighted by Crippen LogP contribution is 2.16. The van der Waals surface area contributed by atoms with Crippen molar-refractivity contribution in [2.24, 2.45) is 0 Å². The van der Waals surface area contributed by atoms with Gasteiger partial charge in [0, 0.05) is 18.2 Å². The molecule has 2 rings (SSSR count). The van der Waals surface area contributed by atoms with Crippen LogP contribution in [0.15, 0.2) is 54.6 Å². The summed E-state index contributed by atoms with van der Waals surface area (Å²) in [4.78, 5) is 45.3. The molecule has 0 radical (unpaired) electrons. The van der Waals surface area contributed by atoms with E-state index in [0.717, 1.165) is 6.08 Å². The zero-order chi connectivity index (χ0) is 20.5. The first-order chi connectivity index (χ1) is 13.4. The molecule has 0 bridgehead atoms. The SMILES string of the molecule is COC(=O)c1ccccc1NC(=O)COC(=O)/C=C/c1ccc([N+](=O)[O-])cc1. The molecule has 1 N–H and O–H groups in total. The Bertz CT molecular complexity index is 920. The molecule has 144 valence electrons. The first kappa shape index (κ1) is 20.3. The maximum Gasteiger partial charge on any atom is 0.339 e. The second kappa shape index (κ2) is 9.62. The van der Waals surface area contributed by atoms with Crippen LogP contribution in [0, 0.1) is 10.1 Å². The van der Waals surface area contributed by atoms with E-state index in [2.05, 4.69) is 10.1 Å². The van der Waals surface area contributed by atoms with Crippen molar-refractivity contribution in [1.29, 1.82) is 0 Å². The number of esters is 2. The zero-order valence-electron chi connectivity index (χ0n) is 14.8. The number of benzene rings is 2. The highest BCUT2D eigenvalue weighted by Gasteiger charge is 2.14. The molecular weight excluding hydrogens is 368 g/mol. The lowest BCUT2D eigenvalue weighted by molar-refractivity contribution is -0.384. The van der Waals surface area contributed by atoms with Crippen molar-refractivity contribution in [2.45, 2.75) is 0 Å². The molecule has 9 nitrogen and oxygen atoms in total. The van der Waals surface area contributed by atoms with Gasteiger partial charge in [0.25, 0.3) is 11.6 Å². The van der Waals surface area contributed by atoms with Crippen molar-refractivity contribution < 1.29 is 28.8 Å². The molecule has 0 saturated carbocycles. The molecule has 0 aliphatic rings. The number of para-hydroxylation sites is 1. The summed E-state index contributed by atoms with van der Waals surface area (Å²) >= 11 is 0. The maximum atomic E-state index is 11.9. The molecular formula is C19H16N2O7. The Balaban J connectivity index is 1.88. The average Bonchev–Trinajstić information content (AvgIpc) is 2.70. The molecule has 28 heavy (non-hydrogen) atoms. The van der Waals surface area contributed by atoms with Crippen LogP contribution >= 0.6 is 0 Å². The monoisotopic (exact) mass is 384 g/mol. The summed E-state index contributed by atoms with van der Waals surface area (Å²) in [6.45, 7) is -0.557. The van der Waals surface area contributed by atoms with Crippen LogP contribution in [-0.2, 0) is 19.1 Å². The molecule has 2 aromatic carbocycles. The van der Waals surface area contributed by atoms with Crippen molar-refractivity contribution >= 4 is 35.3 Å². The average molecular weight is 384 g/mol. The first-order valence-electron chi connectivity index (χ1n) is 7.97. The smallest absolute Gasteiger partial charge is 0.339 e. The number of nitro benzene ring substituents is 1. The van der Waals surface area contributed by atoms with Gasteiger partial charge in [0.2, 0.25) is 0 Å². The summed E-state index contributed by atoms with van der Waals surface area (Å²) in [5, 5.41) is 13.1. The lowest BCUT2D eigenvalue weighted by Crippen LogP contribution is -2.21. The number of carbonyl (C=O) groups is 3. The summed E-state index contributed by atoms with van der Waals surface area (Å²) in [6.07, 6.45) is 2.49. The van der Waals surface area contributed by atoms with Gasteiger partial charge in [-0.2, -0.15) is 0 Å². The minimum atomic E-state index is -0.769. The Kier molecular flexibility index (Phi) is 6.98. The van der Waals surface area contributed by atoms with Gasteiger partial charge >= 0.3 is 11.9 Å². The quantitative estimate of drug-likeness (QED) is 0.337. The molecule has 1 amide bonds. The number of nitrogens with one attached hydrogen (secondary N) is 1. The number of amides is 1. The Morgan fingerprint density at radius 3 is 2.43 bits per heavy atom. The molecule has 0 aliphatic heterocycles. The number of hydrogen-bond donors (Lipinski definition) is 1. The molecule has 0 saturated heterocycles. The Hall–Kier alpha value is -4.01. The Morgan fingerprint density at radius 1 is 1.11 bits per heavy atom. The Labute approximate surface area is 159 Å². The molecule has 0 aliphatic carbocycles. The minimum Gasteiger partial charge on any atom is -0.465 e. The molecule has 0 fully saturated rings. The highest BCUT2D eigenvalue weighted by molar-refractivity contribution is 6.02. The number of methoxy groups -OCH3 is 1. The van der Waals surface area contributed by atoms with Crippen molar-refractivity contribution in [1.82, 2.24) is 0 Å². The summed E-state index contributed by atoms with van der Waals surface area (Å²) < 4.78 is 9.45. The van der Waals surface area contributed by atoms with Gasteiger partial charge in [-0.3, -0.25) is 14.9 Å². The van der Waals surface area contributed by atoms with Crippen LogP contribution in [0.2, 0.25) is 0 Å². The number of nitro groups is 1. The van der Waals surface area contributed by atoms with Crippen LogP contribution in [0.1, 0.15) is 15.9 Å². The van der Waals surface area contributed by atoms with Crippen LogP contribution in [0.25, 0.3) is 6.08 Å². The summed E-state index contributed by atoms with van der Waals surface area (Å²) in [5.41, 5.74) is 0.891. The largest absolute Gasteiger partial charge is 0.465 e. The van der Waals surface area contributed by atoms with Crippen LogP contribution in [0.3, 0.4) is 0 Å². The molecule has 0 heterocycles. The van der Waals surface area contributed by atoms with E-state index in [0.29, 0.717) is 5.56 Å². The Morgan fingerprint density at radius 2 is 1.79 bits per heavy atom.